The molecule has 2 amide bonds. The van der Waals surface area contributed by atoms with Gasteiger partial charge in [-0.1, -0.05) is 36.2 Å². The number of likely N-dealkylation sites (tertiary alicyclic amines) is 1. The van der Waals surface area contributed by atoms with Crippen LogP contribution in [0.25, 0.3) is 0 Å². The SMILES string of the molecule is Cc1cccc(C(=O)Nc2cc(NC(=O)C[NH+]3CCC[C@@H](C)C3)ccc2Cl)c1. The number of hydrogen-bond acceptors (Lipinski definition) is 2. The van der Waals surface area contributed by atoms with Gasteiger partial charge in [-0.2, -0.15) is 0 Å². The second-order valence-corrected chi connectivity index (χ2v) is 8.10. The number of carbonyl (C=O) groups is 2. The molecule has 3 rings (SSSR count). The molecular weight excluding hydrogens is 374 g/mol. The van der Waals surface area contributed by atoms with Gasteiger partial charge in [-0.3, -0.25) is 9.59 Å². The van der Waals surface area contributed by atoms with E-state index in [1.807, 2.05) is 25.1 Å². The van der Waals surface area contributed by atoms with Crippen LogP contribution in [-0.2, 0) is 4.79 Å². The summed E-state index contributed by atoms with van der Waals surface area (Å²) in [4.78, 5) is 26.2. The molecule has 28 heavy (non-hydrogen) atoms. The molecule has 2 aromatic rings. The third-order valence-corrected chi connectivity index (χ3v) is 5.38. The van der Waals surface area contributed by atoms with E-state index in [0.29, 0.717) is 34.4 Å². The highest BCUT2D eigenvalue weighted by Gasteiger charge is 2.22. The first-order chi connectivity index (χ1) is 13.4. The fourth-order valence-electron chi connectivity index (χ4n) is 3.67. The second-order valence-electron chi connectivity index (χ2n) is 7.69. The van der Waals surface area contributed by atoms with E-state index in [0.717, 1.165) is 18.7 Å². The van der Waals surface area contributed by atoms with E-state index in [9.17, 15) is 9.59 Å². The summed E-state index contributed by atoms with van der Waals surface area (Å²) >= 11 is 6.24. The average molecular weight is 401 g/mol. The lowest BCUT2D eigenvalue weighted by Gasteiger charge is -2.27. The van der Waals surface area contributed by atoms with Gasteiger partial charge in [0.05, 0.1) is 23.8 Å². The van der Waals surface area contributed by atoms with Crippen LogP contribution in [0.5, 0.6) is 0 Å². The van der Waals surface area contributed by atoms with Crippen molar-refractivity contribution in [2.75, 3.05) is 30.3 Å². The number of halogens is 1. The van der Waals surface area contributed by atoms with Crippen molar-refractivity contribution in [1.82, 2.24) is 0 Å². The third kappa shape index (κ3) is 5.57. The lowest BCUT2D eigenvalue weighted by molar-refractivity contribution is -0.900. The molecule has 0 spiro atoms. The minimum atomic E-state index is -0.235. The molecule has 3 N–H and O–H groups in total. The first-order valence-electron chi connectivity index (χ1n) is 9.71. The molecule has 148 valence electrons. The van der Waals surface area contributed by atoms with Gasteiger partial charge in [-0.15, -0.1) is 0 Å². The van der Waals surface area contributed by atoms with E-state index >= 15 is 0 Å². The number of amides is 2. The Morgan fingerprint density at radius 2 is 2.00 bits per heavy atom. The van der Waals surface area contributed by atoms with Crippen LogP contribution in [0.2, 0.25) is 5.02 Å². The van der Waals surface area contributed by atoms with Crippen molar-refractivity contribution in [1.29, 1.82) is 0 Å². The molecule has 1 aliphatic rings. The number of hydrogen-bond donors (Lipinski definition) is 3. The Hall–Kier alpha value is -2.37. The number of quaternary nitrogens is 1. The average Bonchev–Trinajstić information content (AvgIpc) is 2.64. The number of benzene rings is 2. The van der Waals surface area contributed by atoms with E-state index in [-0.39, 0.29) is 11.8 Å². The van der Waals surface area contributed by atoms with Gasteiger partial charge in [0.1, 0.15) is 0 Å². The molecule has 0 bridgehead atoms. The van der Waals surface area contributed by atoms with Crippen LogP contribution in [0, 0.1) is 12.8 Å². The van der Waals surface area contributed by atoms with Crippen molar-refractivity contribution in [2.24, 2.45) is 5.92 Å². The molecule has 6 heteroatoms. The van der Waals surface area contributed by atoms with Crippen molar-refractivity contribution < 1.29 is 14.5 Å². The van der Waals surface area contributed by atoms with Crippen LogP contribution < -0.4 is 15.5 Å². The minimum Gasteiger partial charge on any atom is -0.327 e. The quantitative estimate of drug-likeness (QED) is 0.722. The van der Waals surface area contributed by atoms with Crippen molar-refractivity contribution in [3.05, 3.63) is 58.6 Å². The zero-order chi connectivity index (χ0) is 20.1. The Morgan fingerprint density at radius 1 is 1.18 bits per heavy atom. The molecule has 2 atom stereocenters. The molecular formula is C22H27ClN3O2+. The molecule has 1 aliphatic heterocycles. The molecule has 0 saturated carbocycles. The number of piperidine rings is 1. The Bertz CT molecular complexity index is 869. The van der Waals surface area contributed by atoms with Crippen LogP contribution >= 0.6 is 11.6 Å². The maximum atomic E-state index is 12.5. The Labute approximate surface area is 171 Å². The summed E-state index contributed by atoms with van der Waals surface area (Å²) in [5.41, 5.74) is 2.67. The van der Waals surface area contributed by atoms with Gasteiger partial charge < -0.3 is 15.5 Å². The monoisotopic (exact) mass is 400 g/mol. The van der Waals surface area contributed by atoms with E-state index in [2.05, 4.69) is 17.6 Å². The van der Waals surface area contributed by atoms with Crippen LogP contribution in [-0.4, -0.2) is 31.4 Å². The first kappa shape index (κ1) is 20.4. The molecule has 1 unspecified atom stereocenters. The van der Waals surface area contributed by atoms with Gasteiger partial charge in [0.2, 0.25) is 0 Å². The first-order valence-corrected chi connectivity index (χ1v) is 10.1. The summed E-state index contributed by atoms with van der Waals surface area (Å²) in [6, 6.07) is 12.5. The van der Waals surface area contributed by atoms with E-state index in [1.54, 1.807) is 24.3 Å². The van der Waals surface area contributed by atoms with Crippen LogP contribution in [0.3, 0.4) is 0 Å². The van der Waals surface area contributed by atoms with Crippen LogP contribution in [0.4, 0.5) is 11.4 Å². The predicted molar refractivity (Wildman–Crippen MR) is 113 cm³/mol. The van der Waals surface area contributed by atoms with E-state index in [4.69, 9.17) is 11.6 Å². The summed E-state index contributed by atoms with van der Waals surface area (Å²) in [7, 11) is 0. The van der Waals surface area contributed by atoms with Gasteiger partial charge in [0, 0.05) is 17.2 Å². The number of rotatable bonds is 5. The van der Waals surface area contributed by atoms with Crippen molar-refractivity contribution in [2.45, 2.75) is 26.7 Å². The molecule has 0 aliphatic carbocycles. The number of nitrogens with one attached hydrogen (secondary N) is 3. The van der Waals surface area contributed by atoms with Gasteiger partial charge >= 0.3 is 0 Å². The highest BCUT2D eigenvalue weighted by molar-refractivity contribution is 6.34. The lowest BCUT2D eigenvalue weighted by Crippen LogP contribution is -3.14. The molecule has 0 aromatic heterocycles. The zero-order valence-corrected chi connectivity index (χ0v) is 17.1. The van der Waals surface area contributed by atoms with Crippen LogP contribution in [0.15, 0.2) is 42.5 Å². The van der Waals surface area contributed by atoms with E-state index in [1.165, 1.54) is 17.7 Å². The summed E-state index contributed by atoms with van der Waals surface area (Å²) in [6.45, 7) is 6.70. The summed E-state index contributed by atoms with van der Waals surface area (Å²) in [6.07, 6.45) is 2.41. The highest BCUT2D eigenvalue weighted by atomic mass is 35.5. The van der Waals surface area contributed by atoms with E-state index < -0.39 is 0 Å². The maximum Gasteiger partial charge on any atom is 0.279 e. The fourth-order valence-corrected chi connectivity index (χ4v) is 3.83. The van der Waals surface area contributed by atoms with Crippen molar-refractivity contribution in [3.8, 4) is 0 Å². The topological polar surface area (TPSA) is 62.6 Å². The largest absolute Gasteiger partial charge is 0.327 e. The fraction of sp³-hybridized carbons (Fsp3) is 0.364. The minimum absolute atomic E-state index is 0.0256. The highest BCUT2D eigenvalue weighted by Crippen LogP contribution is 2.26. The number of anilines is 2. The molecule has 1 saturated heterocycles. The Morgan fingerprint density at radius 3 is 2.75 bits per heavy atom. The number of aryl methyl sites for hydroxylation is 1. The van der Waals surface area contributed by atoms with Gasteiger partial charge in [0.15, 0.2) is 6.54 Å². The summed E-state index contributed by atoms with van der Waals surface area (Å²) in [5.74, 6) is 0.402. The predicted octanol–water partition coefficient (Wildman–Crippen LogP) is 3.15. The molecule has 2 aromatic carbocycles. The van der Waals surface area contributed by atoms with Crippen LogP contribution in [0.1, 0.15) is 35.7 Å². The Balaban J connectivity index is 1.64. The molecule has 1 fully saturated rings. The molecule has 0 radical (unpaired) electrons. The molecule has 1 heterocycles. The van der Waals surface area contributed by atoms with Crippen molar-refractivity contribution in [3.63, 3.8) is 0 Å². The smallest absolute Gasteiger partial charge is 0.279 e. The third-order valence-electron chi connectivity index (χ3n) is 5.05. The summed E-state index contributed by atoms with van der Waals surface area (Å²) < 4.78 is 0. The van der Waals surface area contributed by atoms with Gasteiger partial charge in [-0.05, 0) is 50.1 Å². The van der Waals surface area contributed by atoms with Gasteiger partial charge in [-0.25, -0.2) is 0 Å². The summed E-state index contributed by atoms with van der Waals surface area (Å²) in [5, 5.41) is 6.18. The van der Waals surface area contributed by atoms with Gasteiger partial charge in [0.25, 0.3) is 11.8 Å². The number of carbonyl (C=O) groups excluding carboxylic acids is 2. The van der Waals surface area contributed by atoms with Crippen molar-refractivity contribution >= 4 is 34.8 Å². The standard InChI is InChI=1S/C22H26ClN3O2/c1-15-5-3-7-17(11-15)22(28)25-20-12-18(8-9-19(20)23)24-21(27)14-26-10-4-6-16(2)13-26/h3,5,7-9,11-12,16H,4,6,10,13-14H2,1-2H3,(H,24,27)(H,25,28)/p+1/t16-/m1/s1. The maximum absolute atomic E-state index is 12.5. The normalized spacial score (nSPS) is 19.1. The molecule has 5 nitrogen and oxygen atoms in total. The Kier molecular flexibility index (Phi) is 6.70. The second kappa shape index (κ2) is 9.22. The zero-order valence-electron chi connectivity index (χ0n) is 16.3. The lowest BCUT2D eigenvalue weighted by atomic mass is 10.0.